The highest BCUT2D eigenvalue weighted by Crippen LogP contribution is 2.31. The Morgan fingerprint density at radius 3 is 2.79 bits per heavy atom. The maximum atomic E-state index is 12.7. The zero-order valence-electron chi connectivity index (χ0n) is 15.9. The molecule has 2 amide bonds. The van der Waals surface area contributed by atoms with Crippen LogP contribution in [-0.4, -0.2) is 49.6 Å². The molecule has 0 bridgehead atoms. The van der Waals surface area contributed by atoms with Crippen molar-refractivity contribution >= 4 is 23.3 Å². The van der Waals surface area contributed by atoms with Gasteiger partial charge in [0.25, 0.3) is 5.91 Å². The SMILES string of the molecule is COc1ccccc1N1C[C@H](NC(=O)c2ccnc(N3CCCC3)c2)CC1=O. The predicted octanol–water partition coefficient (Wildman–Crippen LogP) is 2.23. The quantitative estimate of drug-likeness (QED) is 0.861. The third-order valence-corrected chi connectivity index (χ3v) is 5.27. The van der Waals surface area contributed by atoms with Crippen molar-refractivity contribution in [1.82, 2.24) is 10.3 Å². The number of para-hydroxylation sites is 2. The van der Waals surface area contributed by atoms with Crippen molar-refractivity contribution < 1.29 is 14.3 Å². The molecule has 0 aliphatic carbocycles. The maximum absolute atomic E-state index is 12.7. The molecule has 1 aromatic heterocycles. The van der Waals surface area contributed by atoms with E-state index in [1.165, 1.54) is 0 Å². The van der Waals surface area contributed by atoms with Gasteiger partial charge in [-0.15, -0.1) is 0 Å². The first-order valence-corrected chi connectivity index (χ1v) is 9.61. The average Bonchev–Trinajstić information content (AvgIpc) is 3.38. The number of nitrogens with one attached hydrogen (secondary N) is 1. The van der Waals surface area contributed by atoms with Crippen LogP contribution in [0.1, 0.15) is 29.6 Å². The number of pyridine rings is 1. The smallest absolute Gasteiger partial charge is 0.251 e. The van der Waals surface area contributed by atoms with Gasteiger partial charge in [0.2, 0.25) is 5.91 Å². The van der Waals surface area contributed by atoms with Crippen molar-refractivity contribution in [2.75, 3.05) is 36.5 Å². The van der Waals surface area contributed by atoms with E-state index in [0.29, 0.717) is 17.9 Å². The summed E-state index contributed by atoms with van der Waals surface area (Å²) in [5, 5.41) is 2.99. The molecule has 7 nitrogen and oxygen atoms in total. The first kappa shape index (κ1) is 18.3. The standard InChI is InChI=1S/C21H24N4O3/c1-28-18-7-3-2-6-17(18)25-14-16(13-20(25)26)23-21(27)15-8-9-22-19(12-15)24-10-4-5-11-24/h2-3,6-9,12,16H,4-5,10-11,13-14H2,1H3,(H,23,27)/t16-/m1/s1. The Morgan fingerprint density at radius 1 is 1.21 bits per heavy atom. The predicted molar refractivity (Wildman–Crippen MR) is 107 cm³/mol. The van der Waals surface area contributed by atoms with Crippen LogP contribution in [0.4, 0.5) is 11.5 Å². The van der Waals surface area contributed by atoms with E-state index in [0.717, 1.165) is 37.4 Å². The summed E-state index contributed by atoms with van der Waals surface area (Å²) in [4.78, 5) is 33.5. The van der Waals surface area contributed by atoms with Crippen molar-refractivity contribution in [3.8, 4) is 5.75 Å². The molecule has 3 heterocycles. The Kier molecular flexibility index (Phi) is 5.14. The second-order valence-electron chi connectivity index (χ2n) is 7.15. The summed E-state index contributed by atoms with van der Waals surface area (Å²) in [5.74, 6) is 1.28. The van der Waals surface area contributed by atoms with Gasteiger partial charge in [-0.3, -0.25) is 9.59 Å². The van der Waals surface area contributed by atoms with E-state index in [4.69, 9.17) is 4.74 Å². The average molecular weight is 380 g/mol. The minimum atomic E-state index is -0.242. The van der Waals surface area contributed by atoms with Gasteiger partial charge in [-0.1, -0.05) is 12.1 Å². The number of aromatic nitrogens is 1. The first-order valence-electron chi connectivity index (χ1n) is 9.61. The largest absolute Gasteiger partial charge is 0.495 e. The lowest BCUT2D eigenvalue weighted by molar-refractivity contribution is -0.117. The minimum Gasteiger partial charge on any atom is -0.495 e. The van der Waals surface area contributed by atoms with Crippen LogP contribution < -0.4 is 19.9 Å². The maximum Gasteiger partial charge on any atom is 0.251 e. The van der Waals surface area contributed by atoms with Gasteiger partial charge in [-0.25, -0.2) is 4.98 Å². The number of ether oxygens (including phenoxy) is 1. The van der Waals surface area contributed by atoms with Crippen LogP contribution in [0.15, 0.2) is 42.6 Å². The lowest BCUT2D eigenvalue weighted by Crippen LogP contribution is -2.37. The van der Waals surface area contributed by atoms with Crippen LogP contribution in [0, 0.1) is 0 Å². The minimum absolute atomic E-state index is 0.0257. The summed E-state index contributed by atoms with van der Waals surface area (Å²) in [6, 6.07) is 10.7. The van der Waals surface area contributed by atoms with Crippen molar-refractivity contribution in [2.45, 2.75) is 25.3 Å². The van der Waals surface area contributed by atoms with Gasteiger partial charge in [-0.05, 0) is 37.1 Å². The number of nitrogens with zero attached hydrogens (tertiary/aromatic N) is 3. The summed E-state index contributed by atoms with van der Waals surface area (Å²) in [6.45, 7) is 2.38. The molecular weight excluding hydrogens is 356 g/mol. The molecule has 0 unspecified atom stereocenters. The van der Waals surface area contributed by atoms with Crippen molar-refractivity contribution in [3.05, 3.63) is 48.2 Å². The second-order valence-corrected chi connectivity index (χ2v) is 7.15. The van der Waals surface area contributed by atoms with Crippen LogP contribution in [0.5, 0.6) is 5.75 Å². The molecule has 7 heteroatoms. The fourth-order valence-corrected chi connectivity index (χ4v) is 3.84. The van der Waals surface area contributed by atoms with E-state index in [-0.39, 0.29) is 24.3 Å². The number of benzene rings is 1. The van der Waals surface area contributed by atoms with Gasteiger partial charge in [0.15, 0.2) is 0 Å². The number of hydrogen-bond donors (Lipinski definition) is 1. The van der Waals surface area contributed by atoms with E-state index in [2.05, 4.69) is 15.2 Å². The van der Waals surface area contributed by atoms with Crippen LogP contribution in [0.3, 0.4) is 0 Å². The normalized spacial score (nSPS) is 19.2. The van der Waals surface area contributed by atoms with Crippen LogP contribution in [0.25, 0.3) is 0 Å². The van der Waals surface area contributed by atoms with Crippen molar-refractivity contribution in [3.63, 3.8) is 0 Å². The molecule has 1 N–H and O–H groups in total. The van der Waals surface area contributed by atoms with Gasteiger partial charge < -0.3 is 19.9 Å². The van der Waals surface area contributed by atoms with E-state index >= 15 is 0 Å². The van der Waals surface area contributed by atoms with E-state index in [1.807, 2.05) is 30.3 Å². The molecule has 2 saturated heterocycles. The molecular formula is C21H24N4O3. The van der Waals surface area contributed by atoms with Gasteiger partial charge >= 0.3 is 0 Å². The van der Waals surface area contributed by atoms with Crippen LogP contribution >= 0.6 is 0 Å². The lowest BCUT2D eigenvalue weighted by Gasteiger charge is -2.20. The van der Waals surface area contributed by atoms with Crippen LogP contribution in [-0.2, 0) is 4.79 Å². The Balaban J connectivity index is 1.44. The van der Waals surface area contributed by atoms with Gasteiger partial charge in [0.05, 0.1) is 18.8 Å². The summed E-state index contributed by atoms with van der Waals surface area (Å²) >= 11 is 0. The summed E-state index contributed by atoms with van der Waals surface area (Å²) in [6.07, 6.45) is 4.25. The van der Waals surface area contributed by atoms with Crippen molar-refractivity contribution in [1.29, 1.82) is 0 Å². The number of rotatable bonds is 5. The Hall–Kier alpha value is -3.09. The zero-order chi connectivity index (χ0) is 19.5. The number of methoxy groups -OCH3 is 1. The first-order chi connectivity index (χ1) is 13.7. The highest BCUT2D eigenvalue weighted by Gasteiger charge is 2.33. The van der Waals surface area contributed by atoms with E-state index in [1.54, 1.807) is 24.3 Å². The molecule has 0 radical (unpaired) electrons. The molecule has 2 aliphatic rings. The molecule has 1 atom stereocenters. The number of anilines is 2. The molecule has 4 rings (SSSR count). The molecule has 1 aromatic carbocycles. The Bertz CT molecular complexity index is 879. The number of hydrogen-bond acceptors (Lipinski definition) is 5. The highest BCUT2D eigenvalue weighted by atomic mass is 16.5. The highest BCUT2D eigenvalue weighted by molar-refractivity contribution is 6.00. The third-order valence-electron chi connectivity index (χ3n) is 5.27. The van der Waals surface area contributed by atoms with Crippen LogP contribution in [0.2, 0.25) is 0 Å². The number of carbonyl (C=O) groups excluding carboxylic acids is 2. The topological polar surface area (TPSA) is 74.8 Å². The Labute approximate surface area is 164 Å². The second kappa shape index (κ2) is 7.88. The number of carbonyl (C=O) groups is 2. The van der Waals surface area contributed by atoms with Gasteiger partial charge in [-0.2, -0.15) is 0 Å². The molecule has 0 saturated carbocycles. The molecule has 2 fully saturated rings. The molecule has 2 aromatic rings. The van der Waals surface area contributed by atoms with Crippen molar-refractivity contribution in [2.24, 2.45) is 0 Å². The molecule has 146 valence electrons. The van der Waals surface area contributed by atoms with Gasteiger partial charge in [0.1, 0.15) is 11.6 Å². The summed E-state index contributed by atoms with van der Waals surface area (Å²) in [7, 11) is 1.58. The fourth-order valence-electron chi connectivity index (χ4n) is 3.84. The monoisotopic (exact) mass is 380 g/mol. The Morgan fingerprint density at radius 2 is 2.00 bits per heavy atom. The molecule has 2 aliphatic heterocycles. The lowest BCUT2D eigenvalue weighted by atomic mass is 10.2. The zero-order valence-corrected chi connectivity index (χ0v) is 15.9. The third kappa shape index (κ3) is 3.65. The van der Waals surface area contributed by atoms with Gasteiger partial charge in [0, 0.05) is 37.8 Å². The summed E-state index contributed by atoms with van der Waals surface area (Å²) < 4.78 is 5.36. The van der Waals surface area contributed by atoms with E-state index < -0.39 is 0 Å². The number of amides is 2. The fraction of sp³-hybridized carbons (Fsp3) is 0.381. The molecule has 28 heavy (non-hydrogen) atoms. The molecule has 0 spiro atoms. The summed E-state index contributed by atoms with van der Waals surface area (Å²) in [5.41, 5.74) is 1.30. The van der Waals surface area contributed by atoms with E-state index in [9.17, 15) is 9.59 Å².